The molecule has 182 valence electrons. The molecule has 1 aliphatic rings. The number of carbonyl (C=O) groups excluding carboxylic acids is 1. The number of ether oxygens (including phenoxy) is 2. The lowest BCUT2D eigenvalue weighted by Crippen LogP contribution is -2.49. The van der Waals surface area contributed by atoms with E-state index < -0.39 is 12.2 Å². The van der Waals surface area contributed by atoms with Crippen LogP contribution in [0.2, 0.25) is 0 Å². The second kappa shape index (κ2) is 11.5. The Hall–Kier alpha value is -2.94. The lowest BCUT2D eigenvalue weighted by atomic mass is 10.1. The van der Waals surface area contributed by atoms with Crippen molar-refractivity contribution in [2.75, 3.05) is 39.4 Å². The molecule has 3 aromatic rings. The first kappa shape index (κ1) is 24.2. The molecule has 0 spiro atoms. The van der Waals surface area contributed by atoms with Gasteiger partial charge in [-0.1, -0.05) is 32.0 Å². The number of aliphatic hydroxyl groups excluding tert-OH is 1. The molecule has 4 rings (SSSR count). The summed E-state index contributed by atoms with van der Waals surface area (Å²) in [4.78, 5) is 22.3. The third-order valence-corrected chi connectivity index (χ3v) is 6.17. The van der Waals surface area contributed by atoms with E-state index in [9.17, 15) is 9.90 Å². The number of aromatic amines is 1. The monoisotopic (exact) mass is 466 g/mol. The van der Waals surface area contributed by atoms with Crippen LogP contribution in [0.25, 0.3) is 10.9 Å². The van der Waals surface area contributed by atoms with Crippen molar-refractivity contribution in [1.82, 2.24) is 20.2 Å². The SMILES string of the molecule is CC(C)[C@@H](Oc1cccc2c(CCNC[C@H](O)c3cccnc3)c[nH]c12)C(=O)N1CCOCC1. The topological polar surface area (TPSA) is 99.7 Å². The molecule has 0 aliphatic carbocycles. The average Bonchev–Trinajstić information content (AvgIpc) is 3.29. The van der Waals surface area contributed by atoms with Crippen molar-refractivity contribution in [1.29, 1.82) is 0 Å². The second-order valence-electron chi connectivity index (χ2n) is 8.97. The van der Waals surface area contributed by atoms with E-state index >= 15 is 0 Å². The molecule has 2 atom stereocenters. The number of pyridine rings is 1. The zero-order valence-corrected chi connectivity index (χ0v) is 19.9. The van der Waals surface area contributed by atoms with Gasteiger partial charge in [-0.25, -0.2) is 0 Å². The summed E-state index contributed by atoms with van der Waals surface area (Å²) in [5.74, 6) is 0.734. The Labute approximate surface area is 200 Å². The first-order valence-electron chi connectivity index (χ1n) is 12.0. The molecule has 0 saturated carbocycles. The van der Waals surface area contributed by atoms with Crippen LogP contribution in [0.1, 0.15) is 31.1 Å². The van der Waals surface area contributed by atoms with Gasteiger partial charge in [0.15, 0.2) is 6.10 Å². The van der Waals surface area contributed by atoms with Crippen molar-refractivity contribution in [2.45, 2.75) is 32.5 Å². The molecule has 2 aromatic heterocycles. The number of hydrogen-bond donors (Lipinski definition) is 3. The van der Waals surface area contributed by atoms with Crippen molar-refractivity contribution in [3.63, 3.8) is 0 Å². The Morgan fingerprint density at radius 2 is 2.09 bits per heavy atom. The minimum absolute atomic E-state index is 0.0125. The number of H-pyrrole nitrogens is 1. The Balaban J connectivity index is 1.39. The summed E-state index contributed by atoms with van der Waals surface area (Å²) < 4.78 is 11.7. The Kier molecular flexibility index (Phi) is 8.16. The first-order valence-corrected chi connectivity index (χ1v) is 12.0. The molecule has 1 aliphatic heterocycles. The van der Waals surface area contributed by atoms with Crippen LogP contribution < -0.4 is 10.1 Å². The second-order valence-corrected chi connectivity index (χ2v) is 8.97. The van der Waals surface area contributed by atoms with Gasteiger partial charge < -0.3 is 29.8 Å². The molecule has 3 heterocycles. The Morgan fingerprint density at radius 3 is 2.82 bits per heavy atom. The number of amides is 1. The molecule has 1 fully saturated rings. The molecule has 1 aromatic carbocycles. The minimum Gasteiger partial charge on any atom is -0.478 e. The van der Waals surface area contributed by atoms with E-state index in [-0.39, 0.29) is 11.8 Å². The summed E-state index contributed by atoms with van der Waals surface area (Å²) >= 11 is 0. The zero-order valence-electron chi connectivity index (χ0n) is 19.9. The zero-order chi connectivity index (χ0) is 23.9. The van der Waals surface area contributed by atoms with Gasteiger partial charge in [-0.05, 0) is 36.6 Å². The maximum absolute atomic E-state index is 13.1. The number of aromatic nitrogens is 2. The smallest absolute Gasteiger partial charge is 0.264 e. The highest BCUT2D eigenvalue weighted by Gasteiger charge is 2.30. The summed E-state index contributed by atoms with van der Waals surface area (Å²) in [5.41, 5.74) is 2.85. The highest BCUT2D eigenvalue weighted by molar-refractivity contribution is 5.89. The summed E-state index contributed by atoms with van der Waals surface area (Å²) in [7, 11) is 0. The molecule has 8 heteroatoms. The lowest BCUT2D eigenvalue weighted by Gasteiger charge is -2.32. The Morgan fingerprint density at radius 1 is 1.26 bits per heavy atom. The number of nitrogens with zero attached hydrogens (tertiary/aromatic N) is 2. The normalized spacial score (nSPS) is 16.1. The van der Waals surface area contributed by atoms with Crippen LogP contribution in [0.4, 0.5) is 0 Å². The molecule has 1 saturated heterocycles. The van der Waals surface area contributed by atoms with Crippen LogP contribution in [-0.4, -0.2) is 71.4 Å². The van der Waals surface area contributed by atoms with E-state index in [1.54, 1.807) is 12.4 Å². The van der Waals surface area contributed by atoms with E-state index in [1.165, 1.54) is 0 Å². The van der Waals surface area contributed by atoms with Gasteiger partial charge in [-0.2, -0.15) is 0 Å². The molecule has 8 nitrogen and oxygen atoms in total. The molecule has 3 N–H and O–H groups in total. The van der Waals surface area contributed by atoms with Crippen LogP contribution in [0.15, 0.2) is 48.9 Å². The highest BCUT2D eigenvalue weighted by Crippen LogP contribution is 2.29. The van der Waals surface area contributed by atoms with Crippen molar-refractivity contribution >= 4 is 16.8 Å². The number of benzene rings is 1. The van der Waals surface area contributed by atoms with Gasteiger partial charge in [-0.3, -0.25) is 9.78 Å². The molecular formula is C26H34N4O4. The van der Waals surface area contributed by atoms with E-state index in [0.717, 1.165) is 35.0 Å². The van der Waals surface area contributed by atoms with Gasteiger partial charge in [0, 0.05) is 49.2 Å². The third-order valence-electron chi connectivity index (χ3n) is 6.17. The number of hydrogen-bond acceptors (Lipinski definition) is 6. The van der Waals surface area contributed by atoms with E-state index in [1.807, 2.05) is 49.2 Å². The van der Waals surface area contributed by atoms with Gasteiger partial charge in [0.1, 0.15) is 5.75 Å². The lowest BCUT2D eigenvalue weighted by molar-refractivity contribution is -0.144. The third kappa shape index (κ3) is 5.75. The number of morpholine rings is 1. The molecule has 0 unspecified atom stereocenters. The van der Waals surface area contributed by atoms with Gasteiger partial charge in [0.25, 0.3) is 5.91 Å². The maximum atomic E-state index is 13.1. The van der Waals surface area contributed by atoms with E-state index in [2.05, 4.69) is 21.4 Å². The minimum atomic E-state index is -0.589. The van der Waals surface area contributed by atoms with Gasteiger partial charge in [0.05, 0.1) is 24.8 Å². The van der Waals surface area contributed by atoms with Crippen LogP contribution in [-0.2, 0) is 16.0 Å². The van der Waals surface area contributed by atoms with Crippen molar-refractivity contribution < 1.29 is 19.4 Å². The standard InChI is InChI=1S/C26H34N4O4/c1-18(2)25(26(32)30-11-13-33-14-12-30)34-23-7-3-6-21-19(16-29-24(21)23)8-10-28-17-22(31)20-5-4-9-27-15-20/h3-7,9,15-16,18,22,25,28-29,31H,8,10-14,17H2,1-2H3/t22-,25+/m0/s1. The Bertz CT molecular complexity index is 1060. The summed E-state index contributed by atoms with van der Waals surface area (Å²) in [6, 6.07) is 9.63. The van der Waals surface area contributed by atoms with Crippen LogP contribution >= 0.6 is 0 Å². The summed E-state index contributed by atoms with van der Waals surface area (Å²) in [6.45, 7) is 7.54. The van der Waals surface area contributed by atoms with Gasteiger partial charge >= 0.3 is 0 Å². The number of nitrogens with one attached hydrogen (secondary N) is 2. The molecule has 0 radical (unpaired) electrons. The van der Waals surface area contributed by atoms with Crippen molar-refractivity contribution in [3.8, 4) is 5.75 Å². The van der Waals surface area contributed by atoms with E-state index in [4.69, 9.17) is 9.47 Å². The fraction of sp³-hybridized carbons (Fsp3) is 0.462. The fourth-order valence-corrected chi connectivity index (χ4v) is 4.21. The number of para-hydroxylation sites is 1. The maximum Gasteiger partial charge on any atom is 0.264 e. The number of carbonyl (C=O) groups is 1. The predicted molar refractivity (Wildman–Crippen MR) is 131 cm³/mol. The quantitative estimate of drug-likeness (QED) is 0.397. The number of fused-ring (bicyclic) bond motifs is 1. The van der Waals surface area contributed by atoms with Crippen molar-refractivity contribution in [3.05, 3.63) is 60.0 Å². The number of aliphatic hydroxyl groups is 1. The average molecular weight is 467 g/mol. The fourth-order valence-electron chi connectivity index (χ4n) is 4.21. The van der Waals surface area contributed by atoms with Crippen molar-refractivity contribution in [2.24, 2.45) is 5.92 Å². The largest absolute Gasteiger partial charge is 0.478 e. The van der Waals surface area contributed by atoms with Crippen LogP contribution in [0.3, 0.4) is 0 Å². The highest BCUT2D eigenvalue weighted by atomic mass is 16.5. The predicted octanol–water partition coefficient (Wildman–Crippen LogP) is 2.69. The number of rotatable bonds is 10. The molecular weight excluding hydrogens is 432 g/mol. The molecule has 34 heavy (non-hydrogen) atoms. The molecule has 1 amide bonds. The summed E-state index contributed by atoms with van der Waals surface area (Å²) in [5, 5.41) is 14.7. The van der Waals surface area contributed by atoms with Crippen LogP contribution in [0.5, 0.6) is 5.75 Å². The van der Waals surface area contributed by atoms with Crippen LogP contribution in [0, 0.1) is 5.92 Å². The van der Waals surface area contributed by atoms with E-state index in [0.29, 0.717) is 38.6 Å². The first-order chi connectivity index (χ1) is 16.5. The summed E-state index contributed by atoms with van der Waals surface area (Å²) in [6.07, 6.45) is 5.02. The van der Waals surface area contributed by atoms with Gasteiger partial charge in [0.2, 0.25) is 0 Å². The van der Waals surface area contributed by atoms with Gasteiger partial charge in [-0.15, -0.1) is 0 Å². The molecule has 0 bridgehead atoms.